The minimum atomic E-state index is -0.423. The molecule has 6 nitrogen and oxygen atoms in total. The van der Waals surface area contributed by atoms with Gasteiger partial charge in [0.05, 0.1) is 18.2 Å². The van der Waals surface area contributed by atoms with Gasteiger partial charge in [-0.25, -0.2) is 4.79 Å². The monoisotopic (exact) mass is 260 g/mol. The van der Waals surface area contributed by atoms with Gasteiger partial charge < -0.3 is 16.0 Å². The fraction of sp³-hybridized carbons (Fsp3) is 0.308. The van der Waals surface area contributed by atoms with Crippen LogP contribution in [0.15, 0.2) is 24.3 Å². The van der Waals surface area contributed by atoms with Gasteiger partial charge in [-0.2, -0.15) is 5.26 Å². The smallest absolute Gasteiger partial charge is 0.315 e. The molecule has 1 aromatic carbocycles. The molecule has 0 aliphatic rings. The standard InChI is InChI=1S/C13H16N4O2/c1-2-15-12(18)9-17-13(19)16-8-11-5-3-4-10(6-11)7-14/h3-6H,2,8-9H2,1H3,(H,15,18)(H2,16,17,19). The minimum Gasteiger partial charge on any atom is -0.355 e. The third-order valence-electron chi connectivity index (χ3n) is 2.29. The van der Waals surface area contributed by atoms with Crippen LogP contribution in [0.4, 0.5) is 4.79 Å². The number of hydrogen-bond acceptors (Lipinski definition) is 3. The molecule has 1 aromatic rings. The average Bonchev–Trinajstić information content (AvgIpc) is 2.43. The summed E-state index contributed by atoms with van der Waals surface area (Å²) < 4.78 is 0. The number of hydrogen-bond donors (Lipinski definition) is 3. The quantitative estimate of drug-likeness (QED) is 0.719. The fourth-order valence-corrected chi connectivity index (χ4v) is 1.42. The molecule has 100 valence electrons. The topological polar surface area (TPSA) is 94.0 Å². The summed E-state index contributed by atoms with van der Waals surface area (Å²) >= 11 is 0. The van der Waals surface area contributed by atoms with Crippen LogP contribution in [0.3, 0.4) is 0 Å². The summed E-state index contributed by atoms with van der Waals surface area (Å²) in [4.78, 5) is 22.5. The first kappa shape index (κ1) is 14.5. The van der Waals surface area contributed by atoms with Gasteiger partial charge in [-0.05, 0) is 24.6 Å². The van der Waals surface area contributed by atoms with Gasteiger partial charge in [0, 0.05) is 13.1 Å². The molecule has 3 amide bonds. The molecule has 0 heterocycles. The molecule has 3 N–H and O–H groups in total. The van der Waals surface area contributed by atoms with Crippen LogP contribution in [-0.2, 0) is 11.3 Å². The molecule has 0 unspecified atom stereocenters. The molecule has 0 bridgehead atoms. The van der Waals surface area contributed by atoms with Crippen LogP contribution in [0, 0.1) is 11.3 Å². The maximum absolute atomic E-state index is 11.4. The predicted molar refractivity (Wildman–Crippen MR) is 70.1 cm³/mol. The van der Waals surface area contributed by atoms with Crippen LogP contribution in [0.25, 0.3) is 0 Å². The molecule has 0 fully saturated rings. The van der Waals surface area contributed by atoms with Crippen LogP contribution >= 0.6 is 0 Å². The molecule has 0 atom stereocenters. The molecule has 0 saturated heterocycles. The Balaban J connectivity index is 2.34. The Morgan fingerprint density at radius 2 is 2.05 bits per heavy atom. The van der Waals surface area contributed by atoms with Crippen molar-refractivity contribution in [3.8, 4) is 6.07 Å². The van der Waals surface area contributed by atoms with Crippen LogP contribution in [0.5, 0.6) is 0 Å². The van der Waals surface area contributed by atoms with Crippen molar-refractivity contribution in [2.24, 2.45) is 0 Å². The highest BCUT2D eigenvalue weighted by atomic mass is 16.2. The van der Waals surface area contributed by atoms with E-state index in [1.165, 1.54) is 0 Å². The molecule has 0 radical (unpaired) electrons. The number of amides is 3. The molecule has 6 heteroatoms. The van der Waals surface area contributed by atoms with Crippen molar-refractivity contribution in [3.05, 3.63) is 35.4 Å². The SMILES string of the molecule is CCNC(=O)CNC(=O)NCc1cccc(C#N)c1. The molecule has 0 aromatic heterocycles. The van der Waals surface area contributed by atoms with Crippen LogP contribution < -0.4 is 16.0 Å². The Kier molecular flexibility index (Phi) is 5.89. The van der Waals surface area contributed by atoms with Gasteiger partial charge in [-0.3, -0.25) is 4.79 Å². The summed E-state index contributed by atoms with van der Waals surface area (Å²) in [5.74, 6) is -0.232. The van der Waals surface area contributed by atoms with Crippen molar-refractivity contribution in [1.29, 1.82) is 5.26 Å². The van der Waals surface area contributed by atoms with Crippen molar-refractivity contribution in [2.75, 3.05) is 13.1 Å². The van der Waals surface area contributed by atoms with E-state index >= 15 is 0 Å². The first-order valence-electron chi connectivity index (χ1n) is 5.93. The zero-order valence-corrected chi connectivity index (χ0v) is 10.7. The molecule has 0 spiro atoms. The number of likely N-dealkylation sites (N-methyl/N-ethyl adjacent to an activating group) is 1. The zero-order chi connectivity index (χ0) is 14.1. The molecule has 0 aliphatic carbocycles. The third-order valence-corrected chi connectivity index (χ3v) is 2.29. The third kappa shape index (κ3) is 5.55. The minimum absolute atomic E-state index is 0.0576. The first-order chi connectivity index (χ1) is 9.15. The lowest BCUT2D eigenvalue weighted by atomic mass is 10.1. The zero-order valence-electron chi connectivity index (χ0n) is 10.7. The number of carbonyl (C=O) groups excluding carboxylic acids is 2. The largest absolute Gasteiger partial charge is 0.355 e. The molecule has 1 rings (SSSR count). The average molecular weight is 260 g/mol. The molecule has 0 saturated carbocycles. The van der Waals surface area contributed by atoms with E-state index in [9.17, 15) is 9.59 Å². The second-order valence-electron chi connectivity index (χ2n) is 3.80. The van der Waals surface area contributed by atoms with Gasteiger partial charge in [-0.1, -0.05) is 12.1 Å². The summed E-state index contributed by atoms with van der Waals surface area (Å²) in [5, 5.41) is 16.4. The van der Waals surface area contributed by atoms with Gasteiger partial charge in [-0.15, -0.1) is 0 Å². The van der Waals surface area contributed by atoms with Crippen LogP contribution in [-0.4, -0.2) is 25.0 Å². The van der Waals surface area contributed by atoms with Crippen molar-refractivity contribution < 1.29 is 9.59 Å². The van der Waals surface area contributed by atoms with Gasteiger partial charge in [0.2, 0.25) is 5.91 Å². The van der Waals surface area contributed by atoms with E-state index in [4.69, 9.17) is 5.26 Å². The lowest BCUT2D eigenvalue weighted by Gasteiger charge is -2.07. The number of nitriles is 1. The Labute approximate surface area is 111 Å². The number of nitrogens with one attached hydrogen (secondary N) is 3. The summed E-state index contributed by atoms with van der Waals surface area (Å²) in [5.41, 5.74) is 1.37. The summed E-state index contributed by atoms with van der Waals surface area (Å²) in [6, 6.07) is 8.56. The van der Waals surface area contributed by atoms with Crippen molar-refractivity contribution in [1.82, 2.24) is 16.0 Å². The fourth-order valence-electron chi connectivity index (χ4n) is 1.42. The van der Waals surface area contributed by atoms with E-state index in [2.05, 4.69) is 16.0 Å². The molecule has 19 heavy (non-hydrogen) atoms. The Morgan fingerprint density at radius 1 is 1.26 bits per heavy atom. The number of carbonyl (C=O) groups is 2. The van der Waals surface area contributed by atoms with E-state index in [0.29, 0.717) is 18.7 Å². The van der Waals surface area contributed by atoms with E-state index < -0.39 is 6.03 Å². The van der Waals surface area contributed by atoms with Crippen molar-refractivity contribution >= 4 is 11.9 Å². The summed E-state index contributed by atoms with van der Waals surface area (Å²) in [6.45, 7) is 2.58. The highest BCUT2D eigenvalue weighted by molar-refractivity contribution is 5.83. The Bertz CT molecular complexity index is 494. The van der Waals surface area contributed by atoms with Gasteiger partial charge in [0.25, 0.3) is 0 Å². The van der Waals surface area contributed by atoms with Gasteiger partial charge in [0.1, 0.15) is 0 Å². The number of urea groups is 1. The lowest BCUT2D eigenvalue weighted by molar-refractivity contribution is -0.119. The predicted octanol–water partition coefficient (Wildman–Crippen LogP) is 0.494. The molecular weight excluding hydrogens is 244 g/mol. The van der Waals surface area contributed by atoms with E-state index in [0.717, 1.165) is 5.56 Å². The van der Waals surface area contributed by atoms with E-state index in [1.807, 2.05) is 12.1 Å². The highest BCUT2D eigenvalue weighted by Gasteiger charge is 2.04. The van der Waals surface area contributed by atoms with Gasteiger partial charge in [0.15, 0.2) is 0 Å². The van der Waals surface area contributed by atoms with E-state index in [1.54, 1.807) is 25.1 Å². The molecule has 0 aliphatic heterocycles. The second-order valence-corrected chi connectivity index (χ2v) is 3.80. The first-order valence-corrected chi connectivity index (χ1v) is 5.93. The normalized spacial score (nSPS) is 9.26. The summed E-state index contributed by atoms with van der Waals surface area (Å²) in [7, 11) is 0. The molecular formula is C13H16N4O2. The maximum atomic E-state index is 11.4. The lowest BCUT2D eigenvalue weighted by Crippen LogP contribution is -2.41. The highest BCUT2D eigenvalue weighted by Crippen LogP contribution is 2.03. The van der Waals surface area contributed by atoms with Crippen LogP contribution in [0.2, 0.25) is 0 Å². The number of rotatable bonds is 5. The van der Waals surface area contributed by atoms with E-state index in [-0.39, 0.29) is 12.5 Å². The van der Waals surface area contributed by atoms with Crippen molar-refractivity contribution in [3.63, 3.8) is 0 Å². The maximum Gasteiger partial charge on any atom is 0.315 e. The van der Waals surface area contributed by atoms with Crippen molar-refractivity contribution in [2.45, 2.75) is 13.5 Å². The Morgan fingerprint density at radius 3 is 2.74 bits per heavy atom. The van der Waals surface area contributed by atoms with Crippen LogP contribution in [0.1, 0.15) is 18.1 Å². The van der Waals surface area contributed by atoms with Gasteiger partial charge >= 0.3 is 6.03 Å². The summed E-state index contributed by atoms with van der Waals surface area (Å²) in [6.07, 6.45) is 0. The number of nitrogens with zero attached hydrogens (tertiary/aromatic N) is 1. The Hall–Kier alpha value is -2.55. The number of benzene rings is 1. The second kappa shape index (κ2) is 7.71.